The van der Waals surface area contributed by atoms with E-state index in [2.05, 4.69) is 10.6 Å². The van der Waals surface area contributed by atoms with Gasteiger partial charge >= 0.3 is 6.18 Å². The maximum Gasteiger partial charge on any atom is 0.398 e. The highest BCUT2D eigenvalue weighted by Crippen LogP contribution is 2.31. The SMILES string of the molecule is CN(C)S(=O)(=O)c1ccccc1CNC(=O)CNc1ccccc1SCC(F)(F)F. The van der Waals surface area contributed by atoms with Gasteiger partial charge in [0.2, 0.25) is 15.9 Å². The van der Waals surface area contributed by atoms with Crippen LogP contribution in [0.1, 0.15) is 5.56 Å². The van der Waals surface area contributed by atoms with Gasteiger partial charge in [0.25, 0.3) is 0 Å². The fourth-order valence-electron chi connectivity index (χ4n) is 2.43. The number of carbonyl (C=O) groups excluding carboxylic acids is 1. The summed E-state index contributed by atoms with van der Waals surface area (Å²) in [6.07, 6.45) is -4.30. The Morgan fingerprint density at radius 1 is 1.07 bits per heavy atom. The van der Waals surface area contributed by atoms with E-state index < -0.39 is 27.9 Å². The van der Waals surface area contributed by atoms with Crippen LogP contribution in [-0.4, -0.2) is 51.2 Å². The third-order valence-electron chi connectivity index (χ3n) is 3.93. The molecular weight excluding hydrogens is 439 g/mol. The van der Waals surface area contributed by atoms with Gasteiger partial charge in [0, 0.05) is 31.2 Å². The van der Waals surface area contributed by atoms with E-state index in [1.54, 1.807) is 42.5 Å². The third-order valence-corrected chi connectivity index (χ3v) is 6.98. The lowest BCUT2D eigenvalue weighted by Gasteiger charge is -2.16. The molecule has 0 radical (unpaired) electrons. The Hall–Kier alpha value is -2.24. The highest BCUT2D eigenvalue weighted by molar-refractivity contribution is 7.99. The van der Waals surface area contributed by atoms with Crippen molar-refractivity contribution in [3.63, 3.8) is 0 Å². The molecule has 2 N–H and O–H groups in total. The lowest BCUT2D eigenvalue weighted by molar-refractivity contribution is -0.119. The van der Waals surface area contributed by atoms with Crippen LogP contribution in [0.3, 0.4) is 0 Å². The van der Waals surface area contributed by atoms with Crippen LogP contribution < -0.4 is 10.6 Å². The normalized spacial score (nSPS) is 12.1. The van der Waals surface area contributed by atoms with E-state index in [0.717, 1.165) is 4.31 Å². The Kier molecular flexibility index (Phi) is 8.16. The van der Waals surface area contributed by atoms with Gasteiger partial charge in [-0.25, -0.2) is 12.7 Å². The van der Waals surface area contributed by atoms with Crippen LogP contribution in [-0.2, 0) is 21.4 Å². The van der Waals surface area contributed by atoms with Crippen molar-refractivity contribution in [1.29, 1.82) is 0 Å². The molecule has 164 valence electrons. The van der Waals surface area contributed by atoms with E-state index in [1.165, 1.54) is 20.2 Å². The van der Waals surface area contributed by atoms with E-state index >= 15 is 0 Å². The van der Waals surface area contributed by atoms with Gasteiger partial charge in [0.1, 0.15) is 0 Å². The zero-order valence-corrected chi connectivity index (χ0v) is 18.0. The van der Waals surface area contributed by atoms with Gasteiger partial charge in [-0.05, 0) is 23.8 Å². The summed E-state index contributed by atoms with van der Waals surface area (Å²) in [5.74, 6) is -1.46. The zero-order chi connectivity index (χ0) is 22.4. The molecule has 0 bridgehead atoms. The van der Waals surface area contributed by atoms with Gasteiger partial charge in [-0.2, -0.15) is 13.2 Å². The number of para-hydroxylation sites is 1. The summed E-state index contributed by atoms with van der Waals surface area (Å²) in [5, 5.41) is 5.45. The number of hydrogen-bond donors (Lipinski definition) is 2. The summed E-state index contributed by atoms with van der Waals surface area (Å²) >= 11 is 0.633. The molecule has 0 aliphatic rings. The van der Waals surface area contributed by atoms with E-state index in [1.807, 2.05) is 0 Å². The molecule has 2 aromatic rings. The predicted molar refractivity (Wildman–Crippen MR) is 111 cm³/mol. The molecule has 2 rings (SSSR count). The predicted octanol–water partition coefficient (Wildman–Crippen LogP) is 3.32. The highest BCUT2D eigenvalue weighted by atomic mass is 32.2. The minimum Gasteiger partial charge on any atom is -0.375 e. The first-order valence-corrected chi connectivity index (χ1v) is 11.2. The van der Waals surface area contributed by atoms with Gasteiger partial charge in [0.05, 0.1) is 17.2 Å². The number of hydrogen-bond acceptors (Lipinski definition) is 5. The van der Waals surface area contributed by atoms with Crippen molar-refractivity contribution in [2.75, 3.05) is 31.7 Å². The fourth-order valence-corrected chi connectivity index (χ4v) is 4.33. The Balaban J connectivity index is 1.98. The number of anilines is 1. The molecule has 0 aliphatic carbocycles. The first-order chi connectivity index (χ1) is 14.0. The quantitative estimate of drug-likeness (QED) is 0.560. The molecule has 6 nitrogen and oxygen atoms in total. The largest absolute Gasteiger partial charge is 0.398 e. The number of halogens is 3. The second-order valence-electron chi connectivity index (χ2n) is 6.43. The van der Waals surface area contributed by atoms with Crippen molar-refractivity contribution < 1.29 is 26.4 Å². The third kappa shape index (κ3) is 6.92. The molecule has 11 heteroatoms. The summed E-state index contributed by atoms with van der Waals surface area (Å²) in [7, 11) is -0.824. The van der Waals surface area contributed by atoms with Crippen LogP contribution in [0.4, 0.5) is 18.9 Å². The molecule has 0 aromatic heterocycles. The van der Waals surface area contributed by atoms with Gasteiger partial charge in [-0.1, -0.05) is 30.3 Å². The van der Waals surface area contributed by atoms with Gasteiger partial charge in [-0.15, -0.1) is 11.8 Å². The number of sulfonamides is 1. The molecule has 1 amide bonds. The number of alkyl halides is 3. The van der Waals surface area contributed by atoms with Gasteiger partial charge < -0.3 is 10.6 Å². The minimum atomic E-state index is -4.30. The number of nitrogens with one attached hydrogen (secondary N) is 2. The molecule has 2 aromatic carbocycles. The first kappa shape index (κ1) is 24.0. The van der Waals surface area contributed by atoms with Crippen LogP contribution in [0.2, 0.25) is 0 Å². The monoisotopic (exact) mass is 461 g/mol. The number of benzene rings is 2. The van der Waals surface area contributed by atoms with Crippen molar-refractivity contribution >= 4 is 33.4 Å². The molecule has 0 saturated carbocycles. The number of nitrogens with zero attached hydrogens (tertiary/aromatic N) is 1. The van der Waals surface area contributed by atoms with Crippen LogP contribution in [0, 0.1) is 0 Å². The summed E-state index contributed by atoms with van der Waals surface area (Å²) in [4.78, 5) is 12.7. The summed E-state index contributed by atoms with van der Waals surface area (Å²) in [6.45, 7) is -0.180. The second-order valence-corrected chi connectivity index (χ2v) is 9.56. The molecule has 0 aliphatic heterocycles. The van der Waals surface area contributed by atoms with Crippen LogP contribution in [0.5, 0.6) is 0 Å². The standard InChI is InChI=1S/C19H22F3N3O3S2/c1-25(2)30(27,28)17-10-6-3-7-14(17)11-24-18(26)12-23-15-8-4-5-9-16(15)29-13-19(20,21)22/h3-10,23H,11-13H2,1-2H3,(H,24,26). The van der Waals surface area contributed by atoms with E-state index in [0.29, 0.717) is 27.9 Å². The van der Waals surface area contributed by atoms with Crippen LogP contribution in [0.25, 0.3) is 0 Å². The molecule has 0 heterocycles. The first-order valence-electron chi connectivity index (χ1n) is 8.80. The lowest BCUT2D eigenvalue weighted by atomic mass is 10.2. The van der Waals surface area contributed by atoms with Crippen molar-refractivity contribution in [3.8, 4) is 0 Å². The molecule has 0 atom stereocenters. The van der Waals surface area contributed by atoms with Crippen molar-refractivity contribution in [2.45, 2.75) is 22.5 Å². The van der Waals surface area contributed by atoms with E-state index in [9.17, 15) is 26.4 Å². The Morgan fingerprint density at radius 2 is 1.70 bits per heavy atom. The van der Waals surface area contributed by atoms with Crippen LogP contribution >= 0.6 is 11.8 Å². The number of amides is 1. The smallest absolute Gasteiger partial charge is 0.375 e. The molecule has 0 saturated heterocycles. The average molecular weight is 462 g/mol. The van der Waals surface area contributed by atoms with Crippen molar-refractivity contribution in [1.82, 2.24) is 9.62 Å². The van der Waals surface area contributed by atoms with E-state index in [-0.39, 0.29) is 18.0 Å². The molecular formula is C19H22F3N3O3S2. The Morgan fingerprint density at radius 3 is 2.37 bits per heavy atom. The molecule has 0 unspecified atom stereocenters. The Labute approximate surface area is 177 Å². The number of rotatable bonds is 9. The Bertz CT molecular complexity index is 980. The summed E-state index contributed by atoms with van der Waals surface area (Å²) < 4.78 is 63.3. The molecule has 30 heavy (non-hydrogen) atoms. The maximum absolute atomic E-state index is 12.5. The highest BCUT2D eigenvalue weighted by Gasteiger charge is 2.27. The lowest BCUT2D eigenvalue weighted by Crippen LogP contribution is -2.31. The summed E-state index contributed by atoms with van der Waals surface area (Å²) in [6, 6.07) is 12.7. The zero-order valence-electron chi connectivity index (χ0n) is 16.4. The van der Waals surface area contributed by atoms with Crippen LogP contribution in [0.15, 0.2) is 58.3 Å². The summed E-state index contributed by atoms with van der Waals surface area (Å²) in [5.41, 5.74) is 0.846. The number of thioether (sulfide) groups is 1. The van der Waals surface area contributed by atoms with Gasteiger partial charge in [0.15, 0.2) is 0 Å². The van der Waals surface area contributed by atoms with E-state index in [4.69, 9.17) is 0 Å². The van der Waals surface area contributed by atoms with Crippen molar-refractivity contribution in [3.05, 3.63) is 54.1 Å². The average Bonchev–Trinajstić information content (AvgIpc) is 2.69. The topological polar surface area (TPSA) is 78.5 Å². The van der Waals surface area contributed by atoms with Crippen molar-refractivity contribution in [2.24, 2.45) is 0 Å². The minimum absolute atomic E-state index is 0.00573. The second kappa shape index (κ2) is 10.2. The molecule has 0 spiro atoms. The molecule has 0 fully saturated rings. The number of carbonyl (C=O) groups is 1. The fraction of sp³-hybridized carbons (Fsp3) is 0.316. The van der Waals surface area contributed by atoms with Gasteiger partial charge in [-0.3, -0.25) is 4.79 Å². The maximum atomic E-state index is 12.5.